The Balaban J connectivity index is 1.99. The monoisotopic (exact) mass is 386 g/mol. The molecule has 1 amide bonds. The second-order valence-corrected chi connectivity index (χ2v) is 6.75. The van der Waals surface area contributed by atoms with E-state index in [0.717, 1.165) is 31.7 Å². The molecule has 0 bridgehead atoms. The molecule has 1 saturated carbocycles. The lowest BCUT2D eigenvalue weighted by Crippen LogP contribution is -2.45. The Morgan fingerprint density at radius 1 is 1.15 bits per heavy atom. The first-order valence-electron chi connectivity index (χ1n) is 9.23. The van der Waals surface area contributed by atoms with Crippen LogP contribution in [0.15, 0.2) is 12.1 Å². The largest absolute Gasteiger partial charge is 0.480 e. The number of nitrogens with two attached hydrogens (primary N) is 1. The number of hydrogen-bond acceptors (Lipinski definition) is 4. The Kier molecular flexibility index (Phi) is 8.09. The second-order valence-electron chi connectivity index (χ2n) is 6.75. The summed E-state index contributed by atoms with van der Waals surface area (Å²) >= 11 is 0. The minimum atomic E-state index is -1.49. The van der Waals surface area contributed by atoms with Crippen LogP contribution >= 0.6 is 0 Å². The third-order valence-corrected chi connectivity index (χ3v) is 4.74. The molecule has 1 aromatic carbocycles. The maximum atomic E-state index is 13.6. The van der Waals surface area contributed by atoms with Crippen LogP contribution in [0.4, 0.5) is 13.2 Å². The van der Waals surface area contributed by atoms with E-state index in [0.29, 0.717) is 31.9 Å². The zero-order valence-corrected chi connectivity index (χ0v) is 15.1. The topological polar surface area (TPSA) is 81.4 Å². The number of hydrogen-bond donors (Lipinski definition) is 2. The van der Waals surface area contributed by atoms with Gasteiger partial charge in [-0.25, -0.2) is 8.78 Å². The number of unbranched alkanes of at least 4 members (excludes halogenated alkanes) is 1. The number of Topliss-reactive ketones (excluding diaryl/α,β-unsaturated/α-hetero) is 1. The lowest BCUT2D eigenvalue weighted by atomic mass is 10.0. The van der Waals surface area contributed by atoms with E-state index in [4.69, 9.17) is 10.5 Å². The fourth-order valence-electron chi connectivity index (χ4n) is 3.17. The summed E-state index contributed by atoms with van der Waals surface area (Å²) < 4.78 is 45.4. The highest BCUT2D eigenvalue weighted by atomic mass is 19.2. The summed E-state index contributed by atoms with van der Waals surface area (Å²) in [5, 5.41) is 2.72. The van der Waals surface area contributed by atoms with Crippen molar-refractivity contribution in [3.63, 3.8) is 0 Å². The van der Waals surface area contributed by atoms with E-state index < -0.39 is 41.6 Å². The van der Waals surface area contributed by atoms with E-state index in [1.807, 2.05) is 0 Å². The van der Waals surface area contributed by atoms with Gasteiger partial charge < -0.3 is 15.8 Å². The quantitative estimate of drug-likeness (QED) is 0.479. The molecule has 0 radical (unpaired) electrons. The molecule has 8 heteroatoms. The van der Waals surface area contributed by atoms with Gasteiger partial charge in [-0.05, 0) is 50.8 Å². The van der Waals surface area contributed by atoms with Crippen LogP contribution in [0.5, 0.6) is 5.75 Å². The zero-order chi connectivity index (χ0) is 19.8. The van der Waals surface area contributed by atoms with Gasteiger partial charge in [0.2, 0.25) is 11.7 Å². The molecule has 0 saturated heterocycles. The third kappa shape index (κ3) is 5.95. The van der Waals surface area contributed by atoms with Crippen LogP contribution in [0.1, 0.15) is 44.9 Å². The predicted molar refractivity (Wildman–Crippen MR) is 93.6 cm³/mol. The number of rotatable bonds is 10. The van der Waals surface area contributed by atoms with Crippen LogP contribution in [-0.4, -0.2) is 30.9 Å². The van der Waals surface area contributed by atoms with Gasteiger partial charge in [0.25, 0.3) is 0 Å². The van der Waals surface area contributed by atoms with Gasteiger partial charge in [-0.1, -0.05) is 12.8 Å². The molecule has 2 rings (SSSR count). The standard InChI is InChI=1S/C19H25F3N2O3/c20-13-8-9-14(21)18(17(13)22)27-11-16(25)15(7-3-4-10-23)24-19(26)12-5-1-2-6-12/h8-9,12,15H,1-7,10-11,23H2,(H,24,26). The van der Waals surface area contributed by atoms with Gasteiger partial charge in [0.1, 0.15) is 6.61 Å². The minimum Gasteiger partial charge on any atom is -0.480 e. The number of nitrogens with one attached hydrogen (secondary N) is 1. The number of halogens is 3. The number of carbonyl (C=O) groups excluding carboxylic acids is 2. The maximum absolute atomic E-state index is 13.6. The molecule has 0 heterocycles. The molecule has 1 atom stereocenters. The molecule has 0 aromatic heterocycles. The minimum absolute atomic E-state index is 0.117. The van der Waals surface area contributed by atoms with Crippen molar-refractivity contribution in [3.05, 3.63) is 29.6 Å². The molecule has 0 spiro atoms. The highest BCUT2D eigenvalue weighted by molar-refractivity contribution is 5.90. The molecular formula is C19H25F3N2O3. The maximum Gasteiger partial charge on any atom is 0.223 e. The van der Waals surface area contributed by atoms with Crippen molar-refractivity contribution >= 4 is 11.7 Å². The number of amides is 1. The van der Waals surface area contributed by atoms with E-state index in [9.17, 15) is 22.8 Å². The second kappa shape index (κ2) is 10.3. The highest BCUT2D eigenvalue weighted by Gasteiger charge is 2.28. The van der Waals surface area contributed by atoms with E-state index >= 15 is 0 Å². The normalized spacial score (nSPS) is 15.6. The fraction of sp³-hybridized carbons (Fsp3) is 0.579. The smallest absolute Gasteiger partial charge is 0.223 e. The van der Waals surface area contributed by atoms with Gasteiger partial charge in [0.05, 0.1) is 6.04 Å². The van der Waals surface area contributed by atoms with Crippen molar-refractivity contribution < 1.29 is 27.5 Å². The summed E-state index contributed by atoms with van der Waals surface area (Å²) in [5.41, 5.74) is 5.46. The highest BCUT2D eigenvalue weighted by Crippen LogP contribution is 2.25. The molecule has 1 aliphatic rings. The van der Waals surface area contributed by atoms with Crippen LogP contribution in [0.2, 0.25) is 0 Å². The van der Waals surface area contributed by atoms with Crippen LogP contribution in [0, 0.1) is 23.4 Å². The molecule has 1 unspecified atom stereocenters. The number of carbonyl (C=O) groups is 2. The molecule has 27 heavy (non-hydrogen) atoms. The van der Waals surface area contributed by atoms with Crippen LogP contribution in [0.3, 0.4) is 0 Å². The van der Waals surface area contributed by atoms with Crippen molar-refractivity contribution in [1.82, 2.24) is 5.32 Å². The van der Waals surface area contributed by atoms with Crippen molar-refractivity contribution in [2.75, 3.05) is 13.2 Å². The molecule has 5 nitrogen and oxygen atoms in total. The Morgan fingerprint density at radius 2 is 1.81 bits per heavy atom. The van der Waals surface area contributed by atoms with Crippen molar-refractivity contribution in [2.24, 2.45) is 11.7 Å². The van der Waals surface area contributed by atoms with Gasteiger partial charge in [-0.2, -0.15) is 4.39 Å². The number of ketones is 1. The molecule has 3 N–H and O–H groups in total. The summed E-state index contributed by atoms with van der Waals surface area (Å²) in [4.78, 5) is 24.8. The Labute approximate surface area is 156 Å². The molecule has 1 aromatic rings. The van der Waals surface area contributed by atoms with Crippen molar-refractivity contribution in [1.29, 1.82) is 0 Å². The average molecular weight is 386 g/mol. The van der Waals surface area contributed by atoms with Crippen LogP contribution in [0.25, 0.3) is 0 Å². The first-order valence-corrected chi connectivity index (χ1v) is 9.23. The molecule has 0 aliphatic heterocycles. The zero-order valence-electron chi connectivity index (χ0n) is 15.1. The summed E-state index contributed by atoms with van der Waals surface area (Å²) in [6.07, 6.45) is 5.16. The van der Waals surface area contributed by atoms with E-state index in [1.165, 1.54) is 0 Å². The van der Waals surface area contributed by atoms with Crippen molar-refractivity contribution in [3.8, 4) is 5.75 Å². The van der Waals surface area contributed by atoms with Gasteiger partial charge >= 0.3 is 0 Å². The van der Waals surface area contributed by atoms with Gasteiger partial charge in [-0.15, -0.1) is 0 Å². The summed E-state index contributed by atoms with van der Waals surface area (Å²) in [6, 6.07) is 0.527. The molecule has 1 fully saturated rings. The third-order valence-electron chi connectivity index (χ3n) is 4.74. The van der Waals surface area contributed by atoms with E-state index in [-0.39, 0.29) is 11.8 Å². The first-order chi connectivity index (χ1) is 12.9. The van der Waals surface area contributed by atoms with Gasteiger partial charge in [0.15, 0.2) is 23.2 Å². The number of benzene rings is 1. The summed E-state index contributed by atoms with van der Waals surface area (Å²) in [7, 11) is 0. The van der Waals surface area contributed by atoms with Gasteiger partial charge in [0, 0.05) is 5.92 Å². The Bertz CT molecular complexity index is 664. The Morgan fingerprint density at radius 3 is 2.48 bits per heavy atom. The predicted octanol–water partition coefficient (Wildman–Crippen LogP) is 2.86. The summed E-state index contributed by atoms with van der Waals surface area (Å²) in [5.74, 6) is -5.63. The summed E-state index contributed by atoms with van der Waals surface area (Å²) in [6.45, 7) is -0.219. The average Bonchev–Trinajstić information content (AvgIpc) is 3.19. The molecular weight excluding hydrogens is 361 g/mol. The van der Waals surface area contributed by atoms with E-state index in [2.05, 4.69) is 5.32 Å². The van der Waals surface area contributed by atoms with Crippen LogP contribution in [-0.2, 0) is 9.59 Å². The van der Waals surface area contributed by atoms with E-state index in [1.54, 1.807) is 0 Å². The SMILES string of the molecule is NCCCCC(NC(=O)C1CCCC1)C(=O)COc1c(F)ccc(F)c1F. The number of ether oxygens (including phenoxy) is 1. The first kappa shape index (κ1) is 21.2. The lowest BCUT2D eigenvalue weighted by molar-refractivity contribution is -0.131. The molecule has 1 aliphatic carbocycles. The molecule has 150 valence electrons. The fourth-order valence-corrected chi connectivity index (χ4v) is 3.17. The van der Waals surface area contributed by atoms with Gasteiger partial charge in [-0.3, -0.25) is 9.59 Å². The Hall–Kier alpha value is -2.09. The van der Waals surface area contributed by atoms with Crippen molar-refractivity contribution in [2.45, 2.75) is 51.0 Å². The van der Waals surface area contributed by atoms with Crippen LogP contribution < -0.4 is 15.8 Å². The lowest BCUT2D eigenvalue weighted by Gasteiger charge is -2.20.